The van der Waals surface area contributed by atoms with Crippen LogP contribution in [0.3, 0.4) is 0 Å². The predicted octanol–water partition coefficient (Wildman–Crippen LogP) is 3.72. The van der Waals surface area contributed by atoms with E-state index in [2.05, 4.69) is 21.3 Å². The number of hydrogen-bond acceptors (Lipinski definition) is 6. The van der Waals surface area contributed by atoms with Gasteiger partial charge in [0.25, 0.3) is 0 Å². The number of aliphatic hydroxyl groups is 2. The third kappa shape index (κ3) is 5.10. The van der Waals surface area contributed by atoms with Gasteiger partial charge in [-0.15, -0.1) is 5.10 Å². The highest BCUT2D eigenvalue weighted by Crippen LogP contribution is 2.30. The second kappa shape index (κ2) is 9.62. The largest absolute Gasteiger partial charge is 0.393 e. The number of nitrogens with zero attached hydrogens (tertiary/aromatic N) is 5. The Labute approximate surface area is 198 Å². The van der Waals surface area contributed by atoms with Crippen LogP contribution < -0.4 is 0 Å². The minimum absolute atomic E-state index is 0.0357. The molecule has 8 heteroatoms. The minimum Gasteiger partial charge on any atom is -0.393 e. The van der Waals surface area contributed by atoms with E-state index in [1.807, 2.05) is 43.5 Å². The van der Waals surface area contributed by atoms with E-state index < -0.39 is 5.60 Å². The van der Waals surface area contributed by atoms with E-state index in [1.165, 1.54) is 0 Å². The molecule has 1 saturated heterocycles. The highest BCUT2D eigenvalue weighted by molar-refractivity contribution is 6.31. The lowest BCUT2D eigenvalue weighted by Gasteiger charge is -2.39. The molecule has 0 bridgehead atoms. The standard InChI is InChI=1S/C25H28ClN5O2/c1-17-10-18(12-27)5-8-22(17)24-15-31(29-28-24)21-7-6-19(23(26)11-21)13-30-9-3-4-20(14-30)25(2,33)16-32/h5-8,10-11,15,20,32-33H,3-4,9,13-14,16H2,1-2H3/t20-,25+/m0/s1. The SMILES string of the molecule is Cc1cc(C#N)ccc1-c1cn(-c2ccc(CN3CCC[C@H]([C@](C)(O)CO)C3)c(Cl)c2)nn1. The molecule has 0 saturated carbocycles. The second-order valence-electron chi connectivity index (χ2n) is 9.06. The van der Waals surface area contributed by atoms with Crippen LogP contribution in [0.1, 0.15) is 36.5 Å². The summed E-state index contributed by atoms with van der Waals surface area (Å²) in [4.78, 5) is 2.28. The molecule has 1 aromatic heterocycles. The van der Waals surface area contributed by atoms with Crippen molar-refractivity contribution in [3.05, 3.63) is 64.3 Å². The van der Waals surface area contributed by atoms with E-state index >= 15 is 0 Å². The van der Waals surface area contributed by atoms with Crippen LogP contribution in [0.15, 0.2) is 42.6 Å². The van der Waals surface area contributed by atoms with E-state index in [1.54, 1.807) is 17.7 Å². The first kappa shape index (κ1) is 23.4. The number of benzene rings is 2. The van der Waals surface area contributed by atoms with Gasteiger partial charge in [-0.1, -0.05) is 28.9 Å². The molecule has 1 aliphatic heterocycles. The summed E-state index contributed by atoms with van der Waals surface area (Å²) in [5, 5.41) is 38.2. The number of aryl methyl sites for hydroxylation is 1. The fraction of sp³-hybridized carbons (Fsp3) is 0.400. The zero-order valence-electron chi connectivity index (χ0n) is 18.9. The minimum atomic E-state index is -1.07. The van der Waals surface area contributed by atoms with Gasteiger partial charge in [0.2, 0.25) is 0 Å². The molecular weight excluding hydrogens is 438 g/mol. The number of aliphatic hydroxyl groups excluding tert-OH is 1. The van der Waals surface area contributed by atoms with E-state index in [9.17, 15) is 10.2 Å². The number of hydrogen-bond donors (Lipinski definition) is 2. The van der Waals surface area contributed by atoms with E-state index in [-0.39, 0.29) is 12.5 Å². The Balaban J connectivity index is 1.49. The van der Waals surface area contributed by atoms with Gasteiger partial charge >= 0.3 is 0 Å². The first-order chi connectivity index (χ1) is 15.8. The normalized spacial score (nSPS) is 18.6. The van der Waals surface area contributed by atoms with Crippen LogP contribution in [-0.4, -0.2) is 55.4 Å². The number of halogens is 1. The molecule has 172 valence electrons. The van der Waals surface area contributed by atoms with Crippen LogP contribution >= 0.6 is 11.6 Å². The van der Waals surface area contributed by atoms with Crippen LogP contribution in [0.2, 0.25) is 5.02 Å². The van der Waals surface area contributed by atoms with E-state index in [0.29, 0.717) is 17.1 Å². The lowest BCUT2D eigenvalue weighted by Crippen LogP contribution is -2.47. The molecule has 0 radical (unpaired) electrons. The van der Waals surface area contributed by atoms with Crippen molar-refractivity contribution in [2.24, 2.45) is 5.92 Å². The maximum atomic E-state index is 10.4. The van der Waals surface area contributed by atoms with Crippen molar-refractivity contribution in [2.45, 2.75) is 38.8 Å². The third-order valence-electron chi connectivity index (χ3n) is 6.53. The van der Waals surface area contributed by atoms with Crippen molar-refractivity contribution >= 4 is 11.6 Å². The van der Waals surface area contributed by atoms with Gasteiger partial charge in [0.1, 0.15) is 5.69 Å². The first-order valence-corrected chi connectivity index (χ1v) is 11.5. The Morgan fingerprint density at radius 1 is 1.27 bits per heavy atom. The maximum absolute atomic E-state index is 10.4. The quantitative estimate of drug-likeness (QED) is 0.575. The molecule has 0 amide bonds. The number of aromatic nitrogens is 3. The molecule has 3 aromatic rings. The van der Waals surface area contributed by atoms with Crippen LogP contribution in [0, 0.1) is 24.2 Å². The summed E-state index contributed by atoms with van der Waals surface area (Å²) in [5.41, 5.74) is 4.00. The third-order valence-corrected chi connectivity index (χ3v) is 6.88. The summed E-state index contributed by atoms with van der Waals surface area (Å²) < 4.78 is 1.69. The highest BCUT2D eigenvalue weighted by Gasteiger charge is 2.34. The number of likely N-dealkylation sites (tertiary alicyclic amines) is 1. The lowest BCUT2D eigenvalue weighted by atomic mass is 9.83. The molecule has 33 heavy (non-hydrogen) atoms. The van der Waals surface area contributed by atoms with E-state index in [4.69, 9.17) is 16.9 Å². The average Bonchev–Trinajstić information content (AvgIpc) is 3.30. The van der Waals surface area contributed by atoms with Gasteiger partial charge in [-0.3, -0.25) is 4.90 Å². The topological polar surface area (TPSA) is 98.2 Å². The summed E-state index contributed by atoms with van der Waals surface area (Å²) in [6.45, 7) is 5.77. The molecule has 0 aliphatic carbocycles. The summed E-state index contributed by atoms with van der Waals surface area (Å²) in [5.74, 6) is 0.0357. The molecule has 7 nitrogen and oxygen atoms in total. The number of nitriles is 1. The zero-order chi connectivity index (χ0) is 23.6. The molecular formula is C25H28ClN5O2. The molecule has 0 spiro atoms. The Kier molecular flexibility index (Phi) is 6.82. The highest BCUT2D eigenvalue weighted by atomic mass is 35.5. The van der Waals surface area contributed by atoms with Gasteiger partial charge in [-0.05, 0) is 68.6 Å². The van der Waals surface area contributed by atoms with Crippen molar-refractivity contribution in [3.63, 3.8) is 0 Å². The van der Waals surface area contributed by atoms with Gasteiger partial charge in [-0.25, -0.2) is 4.68 Å². The van der Waals surface area contributed by atoms with Crippen molar-refractivity contribution in [2.75, 3.05) is 19.7 Å². The molecule has 1 fully saturated rings. The van der Waals surface area contributed by atoms with Crippen molar-refractivity contribution in [1.82, 2.24) is 19.9 Å². The van der Waals surface area contributed by atoms with Gasteiger partial charge < -0.3 is 10.2 Å². The van der Waals surface area contributed by atoms with Gasteiger partial charge in [-0.2, -0.15) is 5.26 Å². The van der Waals surface area contributed by atoms with Crippen molar-refractivity contribution < 1.29 is 10.2 Å². The molecule has 2 N–H and O–H groups in total. The van der Waals surface area contributed by atoms with Crippen molar-refractivity contribution in [3.8, 4) is 23.0 Å². The molecule has 1 aliphatic rings. The Hall–Kier alpha value is -2.76. The smallest absolute Gasteiger partial charge is 0.113 e. The molecule has 2 aromatic carbocycles. The lowest BCUT2D eigenvalue weighted by molar-refractivity contribution is -0.0697. The molecule has 0 unspecified atom stereocenters. The van der Waals surface area contributed by atoms with Crippen LogP contribution in [-0.2, 0) is 6.54 Å². The maximum Gasteiger partial charge on any atom is 0.113 e. The fourth-order valence-corrected chi connectivity index (χ4v) is 4.65. The van der Waals surface area contributed by atoms with Crippen LogP contribution in [0.5, 0.6) is 0 Å². The Bertz CT molecular complexity index is 1180. The van der Waals surface area contributed by atoms with E-state index in [0.717, 1.165) is 54.0 Å². The monoisotopic (exact) mass is 465 g/mol. The Morgan fingerprint density at radius 2 is 2.09 bits per heavy atom. The van der Waals surface area contributed by atoms with Gasteiger partial charge in [0.15, 0.2) is 0 Å². The molecule has 2 atom stereocenters. The second-order valence-corrected chi connectivity index (χ2v) is 9.46. The zero-order valence-corrected chi connectivity index (χ0v) is 19.6. The summed E-state index contributed by atoms with van der Waals surface area (Å²) in [6.07, 6.45) is 3.74. The number of rotatable bonds is 6. The first-order valence-electron chi connectivity index (χ1n) is 11.1. The molecule has 4 rings (SSSR count). The summed E-state index contributed by atoms with van der Waals surface area (Å²) >= 11 is 6.63. The van der Waals surface area contributed by atoms with Crippen LogP contribution in [0.4, 0.5) is 0 Å². The number of piperidine rings is 1. The summed E-state index contributed by atoms with van der Waals surface area (Å²) in [7, 11) is 0. The van der Waals surface area contributed by atoms with Gasteiger partial charge in [0.05, 0.1) is 35.7 Å². The molecule has 2 heterocycles. The summed E-state index contributed by atoms with van der Waals surface area (Å²) in [6, 6.07) is 13.5. The van der Waals surface area contributed by atoms with Crippen molar-refractivity contribution in [1.29, 1.82) is 5.26 Å². The van der Waals surface area contributed by atoms with Crippen LogP contribution in [0.25, 0.3) is 16.9 Å². The average molecular weight is 466 g/mol. The van der Waals surface area contributed by atoms with Gasteiger partial charge in [0, 0.05) is 29.6 Å². The predicted molar refractivity (Wildman–Crippen MR) is 127 cm³/mol. The Morgan fingerprint density at radius 3 is 2.79 bits per heavy atom. The fourth-order valence-electron chi connectivity index (χ4n) is 4.42.